The van der Waals surface area contributed by atoms with Crippen LogP contribution in [0.4, 0.5) is 4.39 Å². The van der Waals surface area contributed by atoms with Crippen LogP contribution in [0.25, 0.3) is 10.9 Å². The molecule has 2 amide bonds. The summed E-state index contributed by atoms with van der Waals surface area (Å²) in [6.45, 7) is 1.73. The molecule has 7 aliphatic rings. The van der Waals surface area contributed by atoms with Crippen molar-refractivity contribution in [3.63, 3.8) is 0 Å². The quantitative estimate of drug-likeness (QED) is 0.221. The molecule has 3 aliphatic heterocycles. The Hall–Kier alpha value is -3.87. The van der Waals surface area contributed by atoms with E-state index in [1.54, 1.807) is 17.9 Å². The Bertz CT molecular complexity index is 2140. The lowest BCUT2D eigenvalue weighted by molar-refractivity contribution is -0.154. The summed E-state index contributed by atoms with van der Waals surface area (Å²) in [7, 11) is -3.95. The molecule has 2 aromatic rings. The zero-order valence-electron chi connectivity index (χ0n) is 32.9. The van der Waals surface area contributed by atoms with Crippen molar-refractivity contribution in [2.24, 2.45) is 17.3 Å². The van der Waals surface area contributed by atoms with Gasteiger partial charge < -0.3 is 14.4 Å². The van der Waals surface area contributed by atoms with E-state index in [0.29, 0.717) is 55.2 Å². The summed E-state index contributed by atoms with van der Waals surface area (Å²) in [6.07, 6.45) is 15.1. The first-order valence-corrected chi connectivity index (χ1v) is 22.8. The van der Waals surface area contributed by atoms with Crippen LogP contribution in [0.5, 0.6) is 5.75 Å². The molecule has 13 heteroatoms. The smallest absolute Gasteiger partial charge is 0.306 e. The molecule has 4 aliphatic carbocycles. The van der Waals surface area contributed by atoms with Crippen LogP contribution in [0.2, 0.25) is 0 Å². The van der Waals surface area contributed by atoms with Crippen molar-refractivity contribution in [3.8, 4) is 5.75 Å². The fourth-order valence-corrected chi connectivity index (χ4v) is 11.4. The van der Waals surface area contributed by atoms with E-state index in [-0.39, 0.29) is 68.7 Å². The van der Waals surface area contributed by atoms with E-state index in [1.807, 2.05) is 12.2 Å². The minimum atomic E-state index is -3.95. The van der Waals surface area contributed by atoms with Crippen molar-refractivity contribution < 1.29 is 41.5 Å². The van der Waals surface area contributed by atoms with Crippen LogP contribution in [-0.4, -0.2) is 70.9 Å². The van der Waals surface area contributed by atoms with E-state index in [2.05, 4.69) is 4.72 Å². The van der Waals surface area contributed by atoms with E-state index in [9.17, 15) is 32.0 Å². The number of amides is 2. The molecule has 1 aromatic heterocycles. The number of carbonyl (C=O) groups excluding carboxylic acids is 4. The number of hydrogen-bond donors (Lipinski definition) is 1. The number of sulfonamides is 1. The molecule has 9 rings (SSSR count). The van der Waals surface area contributed by atoms with E-state index in [4.69, 9.17) is 14.5 Å². The van der Waals surface area contributed by atoms with Crippen molar-refractivity contribution in [2.75, 3.05) is 6.54 Å². The van der Waals surface area contributed by atoms with E-state index in [1.165, 1.54) is 12.1 Å². The molecule has 1 aromatic carbocycles. The van der Waals surface area contributed by atoms with Gasteiger partial charge in [-0.3, -0.25) is 23.9 Å². The summed E-state index contributed by atoms with van der Waals surface area (Å²) < 4.78 is 55.4. The lowest BCUT2D eigenvalue weighted by atomic mass is 9.85. The molecule has 1 saturated heterocycles. The Morgan fingerprint density at radius 3 is 2.52 bits per heavy atom. The first-order valence-electron chi connectivity index (χ1n) is 21.4. The number of carbonyl (C=O) groups is 4. The number of rotatable bonds is 7. The van der Waals surface area contributed by atoms with Crippen LogP contribution < -0.4 is 9.46 Å². The fraction of sp³-hybridized carbons (Fsp3) is 0.667. The molecule has 0 radical (unpaired) electrons. The van der Waals surface area contributed by atoms with Crippen LogP contribution in [0.15, 0.2) is 30.4 Å². The number of hydrogen-bond acceptors (Lipinski definition) is 9. The molecular formula is C45H58FN3O8S. The number of esters is 1. The third-order valence-electron chi connectivity index (χ3n) is 14.3. The maximum atomic E-state index is 14.9. The van der Waals surface area contributed by atoms with Gasteiger partial charge in [-0.15, -0.1) is 0 Å². The molecule has 4 saturated carbocycles. The van der Waals surface area contributed by atoms with Gasteiger partial charge in [0.25, 0.3) is 0 Å². The Balaban J connectivity index is 0.00000469. The number of fused-ring (bicyclic) bond motifs is 5. The number of pyridine rings is 1. The van der Waals surface area contributed by atoms with Crippen molar-refractivity contribution >= 4 is 44.5 Å². The summed E-state index contributed by atoms with van der Waals surface area (Å²) in [5, 5.41) is 0.695. The van der Waals surface area contributed by atoms with Crippen molar-refractivity contribution in [3.05, 3.63) is 47.4 Å². The number of halogens is 1. The maximum absolute atomic E-state index is 14.9. The summed E-state index contributed by atoms with van der Waals surface area (Å²) in [5.41, 5.74) is 0.204. The highest BCUT2D eigenvalue weighted by Gasteiger charge is 2.63. The van der Waals surface area contributed by atoms with Crippen LogP contribution in [-0.2, 0) is 40.4 Å². The number of ether oxygens (including phenoxy) is 2. The van der Waals surface area contributed by atoms with Gasteiger partial charge in [-0.1, -0.05) is 32.4 Å². The summed E-state index contributed by atoms with van der Waals surface area (Å²) in [6, 6.07) is 3.65. The fourth-order valence-electron chi connectivity index (χ4n) is 10.1. The minimum Gasteiger partial charge on any atom is -0.483 e. The molecule has 5 fully saturated rings. The average molecular weight is 820 g/mol. The second kappa shape index (κ2) is 15.3. The third-order valence-corrected chi connectivity index (χ3v) is 16.4. The second-order valence-electron chi connectivity index (χ2n) is 18.6. The van der Waals surface area contributed by atoms with Crippen LogP contribution in [0, 0.1) is 23.1 Å². The summed E-state index contributed by atoms with van der Waals surface area (Å²) >= 11 is 0. The molecule has 0 unspecified atom stereocenters. The highest BCUT2D eigenvalue weighted by Crippen LogP contribution is 2.58. The molecule has 58 heavy (non-hydrogen) atoms. The molecule has 4 heterocycles. The SMILES string of the molecule is C.CC1(S(=O)(=O)NC(=O)[C@]23CC(=O)[C@@H]4C[C@]5(CCc6c(c(C7CC7)nc7ccc(F)cc67)O5)CN4C(=O)[C@@H](CC(=O)OC4CCCC4)CCCCC/C=C\[C@@H]2C3)CC1. The van der Waals surface area contributed by atoms with Crippen molar-refractivity contribution in [2.45, 2.75) is 165 Å². The van der Waals surface area contributed by atoms with Gasteiger partial charge in [-0.25, -0.2) is 17.8 Å². The van der Waals surface area contributed by atoms with Crippen molar-refractivity contribution in [1.82, 2.24) is 14.6 Å². The zero-order chi connectivity index (χ0) is 39.7. The highest BCUT2D eigenvalue weighted by atomic mass is 32.2. The Labute approximate surface area is 341 Å². The first kappa shape index (κ1) is 40.9. The predicted octanol–water partition coefficient (Wildman–Crippen LogP) is 7.53. The van der Waals surface area contributed by atoms with Gasteiger partial charge in [0, 0.05) is 35.6 Å². The van der Waals surface area contributed by atoms with Crippen LogP contribution in [0.3, 0.4) is 0 Å². The Kier molecular flexibility index (Phi) is 10.8. The molecule has 5 atom stereocenters. The number of ketones is 1. The number of benzene rings is 1. The normalized spacial score (nSPS) is 31.5. The highest BCUT2D eigenvalue weighted by molar-refractivity contribution is 7.91. The van der Waals surface area contributed by atoms with E-state index in [0.717, 1.165) is 75.5 Å². The van der Waals surface area contributed by atoms with Gasteiger partial charge in [-0.2, -0.15) is 0 Å². The van der Waals surface area contributed by atoms with Crippen molar-refractivity contribution in [1.29, 1.82) is 0 Å². The van der Waals surface area contributed by atoms with Gasteiger partial charge in [-0.05, 0) is 121 Å². The molecule has 1 N–H and O–H groups in total. The third kappa shape index (κ3) is 7.69. The van der Waals surface area contributed by atoms with Gasteiger partial charge in [0.1, 0.15) is 23.3 Å². The lowest BCUT2D eigenvalue weighted by Crippen LogP contribution is -2.48. The molecular weight excluding hydrogens is 762 g/mol. The maximum Gasteiger partial charge on any atom is 0.306 e. The second-order valence-corrected chi connectivity index (χ2v) is 20.8. The number of nitrogens with zero attached hydrogens (tertiary/aromatic N) is 2. The lowest BCUT2D eigenvalue weighted by Gasteiger charge is -2.37. The van der Waals surface area contributed by atoms with Crippen LogP contribution >= 0.6 is 0 Å². The number of allylic oxidation sites excluding steroid dienone is 2. The zero-order valence-corrected chi connectivity index (χ0v) is 33.7. The standard InChI is InChI=1S/C44H54FN3O8S.CH4/c1-42(19-20-42)57(53,54)47-41(52)44-23-29(44)10-6-4-2-3-5-9-28(21-37(50)55-31-11-7-8-12-31)40(51)48-26-43(24-35(48)36(49)25-44)18-17-32-33-22-30(45)15-16-34(33)46-38(27-13-14-27)39(32)56-43;/h6,10,15-16,22,27-29,31,35H,2-5,7-9,11-14,17-21,23-26H2,1H3,(H,47,52);1H4/b10-6-;/t28-,29-,35+,43-,44-;/m1./s1. The topological polar surface area (TPSA) is 149 Å². The Morgan fingerprint density at radius 2 is 1.78 bits per heavy atom. The van der Waals surface area contributed by atoms with Gasteiger partial charge in [0.15, 0.2) is 5.78 Å². The molecule has 0 bridgehead atoms. The van der Waals surface area contributed by atoms with Gasteiger partial charge >= 0.3 is 5.97 Å². The largest absolute Gasteiger partial charge is 0.483 e. The molecule has 11 nitrogen and oxygen atoms in total. The van der Waals surface area contributed by atoms with Crippen LogP contribution in [0.1, 0.15) is 147 Å². The molecule has 314 valence electrons. The number of nitrogens with one attached hydrogen (secondary N) is 1. The van der Waals surface area contributed by atoms with E-state index >= 15 is 0 Å². The number of aryl methyl sites for hydroxylation is 1. The Morgan fingerprint density at radius 1 is 1.02 bits per heavy atom. The monoisotopic (exact) mass is 819 g/mol. The average Bonchev–Trinajstić information content (AvgIpc) is 4.14. The van der Waals surface area contributed by atoms with Gasteiger partial charge in [0.2, 0.25) is 21.8 Å². The van der Waals surface area contributed by atoms with E-state index < -0.39 is 49.6 Å². The minimum absolute atomic E-state index is 0. The summed E-state index contributed by atoms with van der Waals surface area (Å²) in [4.78, 5) is 63.9. The first-order chi connectivity index (χ1) is 27.3. The predicted molar refractivity (Wildman–Crippen MR) is 216 cm³/mol. The van der Waals surface area contributed by atoms with Gasteiger partial charge in [0.05, 0.1) is 40.4 Å². The number of Topliss-reactive ketones (excluding diaryl/α,β-unsaturated/α-hetero) is 1. The summed E-state index contributed by atoms with van der Waals surface area (Å²) in [5.74, 6) is -2.24. The number of aromatic nitrogens is 1. The molecule has 1 spiro atoms.